The average molecular weight is 214 g/mol. The van der Waals surface area contributed by atoms with Gasteiger partial charge in [-0.25, -0.2) is 0 Å². The quantitative estimate of drug-likeness (QED) is 0.596. The lowest BCUT2D eigenvalue weighted by atomic mass is 9.99. The van der Waals surface area contributed by atoms with Crippen LogP contribution in [0.15, 0.2) is 0 Å². The summed E-state index contributed by atoms with van der Waals surface area (Å²) in [7, 11) is 1.87. The van der Waals surface area contributed by atoms with Crippen LogP contribution in [0, 0.1) is 5.92 Å². The number of amides is 1. The number of aliphatic hydroxyl groups is 1. The van der Waals surface area contributed by atoms with Crippen LogP contribution in [0.5, 0.6) is 0 Å². The molecule has 15 heavy (non-hydrogen) atoms. The van der Waals surface area contributed by atoms with Gasteiger partial charge in [0.05, 0.1) is 0 Å². The van der Waals surface area contributed by atoms with E-state index in [0.717, 1.165) is 38.9 Å². The largest absolute Gasteiger partial charge is 0.396 e. The van der Waals surface area contributed by atoms with Crippen molar-refractivity contribution < 1.29 is 9.90 Å². The van der Waals surface area contributed by atoms with Crippen LogP contribution < -0.4 is 5.32 Å². The summed E-state index contributed by atoms with van der Waals surface area (Å²) < 4.78 is 0. The molecule has 0 bridgehead atoms. The van der Waals surface area contributed by atoms with Gasteiger partial charge in [-0.05, 0) is 38.3 Å². The Labute approximate surface area is 91.6 Å². The van der Waals surface area contributed by atoms with Crippen LogP contribution >= 0.6 is 0 Å². The third-order valence-corrected chi connectivity index (χ3v) is 2.91. The van der Waals surface area contributed by atoms with E-state index in [1.165, 1.54) is 0 Å². The summed E-state index contributed by atoms with van der Waals surface area (Å²) >= 11 is 0. The van der Waals surface area contributed by atoms with Crippen LogP contribution in [0.3, 0.4) is 0 Å². The molecular weight excluding hydrogens is 192 g/mol. The van der Waals surface area contributed by atoms with Crippen molar-refractivity contribution in [1.29, 1.82) is 0 Å². The summed E-state index contributed by atoms with van der Waals surface area (Å²) in [5, 5.41) is 11.8. The maximum atomic E-state index is 11.7. The summed E-state index contributed by atoms with van der Waals surface area (Å²) in [6.45, 7) is 3.05. The van der Waals surface area contributed by atoms with E-state index < -0.39 is 0 Å². The number of rotatable bonds is 7. The molecule has 0 unspecified atom stereocenters. The van der Waals surface area contributed by atoms with Gasteiger partial charge < -0.3 is 15.3 Å². The van der Waals surface area contributed by atoms with Gasteiger partial charge in [-0.15, -0.1) is 0 Å². The van der Waals surface area contributed by atoms with E-state index in [2.05, 4.69) is 5.32 Å². The van der Waals surface area contributed by atoms with Gasteiger partial charge in [-0.2, -0.15) is 0 Å². The predicted octanol–water partition coefficient (Wildman–Crippen LogP) is 0.217. The summed E-state index contributed by atoms with van der Waals surface area (Å²) in [6.07, 6.45) is 3.52. The first-order chi connectivity index (χ1) is 7.24. The molecule has 4 heteroatoms. The van der Waals surface area contributed by atoms with Crippen molar-refractivity contribution in [3.05, 3.63) is 0 Å². The Kier molecular flexibility index (Phi) is 5.65. The van der Waals surface area contributed by atoms with Crippen molar-refractivity contribution in [3.8, 4) is 0 Å². The number of carbonyl (C=O) groups excluding carboxylic acids is 1. The lowest BCUT2D eigenvalue weighted by Gasteiger charge is -2.28. The highest BCUT2D eigenvalue weighted by Gasteiger charge is 2.21. The van der Waals surface area contributed by atoms with Crippen molar-refractivity contribution in [2.24, 2.45) is 5.92 Å². The number of aliphatic hydroxyl groups excluding tert-OH is 1. The molecule has 1 fully saturated rings. The maximum Gasteiger partial charge on any atom is 0.222 e. The van der Waals surface area contributed by atoms with Gasteiger partial charge in [0.15, 0.2) is 0 Å². The zero-order valence-corrected chi connectivity index (χ0v) is 9.54. The second-order valence-corrected chi connectivity index (χ2v) is 4.33. The standard InChI is InChI=1S/C11H22N2O2/c1-13(5-3-2-4-6-14)11(15)7-10-8-12-9-10/h10,12,14H,2-9H2,1H3. The Morgan fingerprint density at radius 2 is 2.13 bits per heavy atom. The molecule has 0 aromatic heterocycles. The zero-order chi connectivity index (χ0) is 11.1. The van der Waals surface area contributed by atoms with Crippen LogP contribution in [0.2, 0.25) is 0 Å². The van der Waals surface area contributed by atoms with E-state index in [1.807, 2.05) is 11.9 Å². The van der Waals surface area contributed by atoms with E-state index in [9.17, 15) is 4.79 Å². The van der Waals surface area contributed by atoms with Gasteiger partial charge in [0.25, 0.3) is 0 Å². The molecule has 1 rings (SSSR count). The van der Waals surface area contributed by atoms with Crippen molar-refractivity contribution in [1.82, 2.24) is 10.2 Å². The summed E-state index contributed by atoms with van der Waals surface area (Å²) in [5.41, 5.74) is 0. The van der Waals surface area contributed by atoms with Gasteiger partial charge in [0.2, 0.25) is 5.91 Å². The SMILES string of the molecule is CN(CCCCCO)C(=O)CC1CNC1. The number of nitrogens with zero attached hydrogens (tertiary/aromatic N) is 1. The molecule has 1 saturated heterocycles. The molecule has 0 saturated carbocycles. The van der Waals surface area contributed by atoms with E-state index in [4.69, 9.17) is 5.11 Å². The van der Waals surface area contributed by atoms with Crippen LogP contribution in [-0.2, 0) is 4.79 Å². The number of carbonyl (C=O) groups is 1. The van der Waals surface area contributed by atoms with Crippen LogP contribution in [0.1, 0.15) is 25.7 Å². The number of hydrogen-bond donors (Lipinski definition) is 2. The van der Waals surface area contributed by atoms with Crippen molar-refractivity contribution >= 4 is 5.91 Å². The highest BCUT2D eigenvalue weighted by molar-refractivity contribution is 5.76. The Morgan fingerprint density at radius 3 is 2.67 bits per heavy atom. The van der Waals surface area contributed by atoms with E-state index in [0.29, 0.717) is 12.3 Å². The minimum absolute atomic E-state index is 0.255. The maximum absolute atomic E-state index is 11.7. The van der Waals surface area contributed by atoms with Crippen LogP contribution in [0.4, 0.5) is 0 Å². The van der Waals surface area contributed by atoms with E-state index in [1.54, 1.807) is 0 Å². The molecule has 0 aliphatic carbocycles. The first kappa shape index (κ1) is 12.5. The smallest absolute Gasteiger partial charge is 0.222 e. The summed E-state index contributed by atoms with van der Waals surface area (Å²) in [5.74, 6) is 0.808. The fraction of sp³-hybridized carbons (Fsp3) is 0.909. The molecule has 4 nitrogen and oxygen atoms in total. The molecular formula is C11H22N2O2. The zero-order valence-electron chi connectivity index (χ0n) is 9.54. The Balaban J connectivity index is 2.03. The second kappa shape index (κ2) is 6.80. The minimum Gasteiger partial charge on any atom is -0.396 e. The van der Waals surface area contributed by atoms with Gasteiger partial charge in [-0.3, -0.25) is 4.79 Å². The lowest BCUT2D eigenvalue weighted by Crippen LogP contribution is -2.44. The molecule has 0 radical (unpaired) electrons. The molecule has 0 atom stereocenters. The lowest BCUT2D eigenvalue weighted by molar-refractivity contribution is -0.131. The van der Waals surface area contributed by atoms with E-state index in [-0.39, 0.29) is 12.5 Å². The van der Waals surface area contributed by atoms with E-state index >= 15 is 0 Å². The Hall–Kier alpha value is -0.610. The summed E-state index contributed by atoms with van der Waals surface area (Å²) in [6, 6.07) is 0. The molecule has 0 aromatic carbocycles. The normalized spacial score (nSPS) is 16.1. The van der Waals surface area contributed by atoms with Gasteiger partial charge >= 0.3 is 0 Å². The number of unbranched alkanes of at least 4 members (excludes halogenated alkanes) is 2. The summed E-state index contributed by atoms with van der Waals surface area (Å²) in [4.78, 5) is 13.5. The fourth-order valence-corrected chi connectivity index (χ4v) is 1.66. The molecule has 1 aliphatic rings. The fourth-order valence-electron chi connectivity index (χ4n) is 1.66. The van der Waals surface area contributed by atoms with Crippen LogP contribution in [0.25, 0.3) is 0 Å². The Bertz CT molecular complexity index is 193. The minimum atomic E-state index is 0.255. The van der Waals surface area contributed by atoms with Gasteiger partial charge in [0.1, 0.15) is 0 Å². The van der Waals surface area contributed by atoms with Crippen LogP contribution in [-0.4, -0.2) is 49.2 Å². The molecule has 1 heterocycles. The topological polar surface area (TPSA) is 52.6 Å². The first-order valence-corrected chi connectivity index (χ1v) is 5.79. The number of nitrogens with one attached hydrogen (secondary N) is 1. The van der Waals surface area contributed by atoms with Crippen molar-refractivity contribution in [2.45, 2.75) is 25.7 Å². The number of hydrogen-bond acceptors (Lipinski definition) is 3. The van der Waals surface area contributed by atoms with Crippen molar-refractivity contribution in [2.75, 3.05) is 33.3 Å². The van der Waals surface area contributed by atoms with Crippen molar-refractivity contribution in [3.63, 3.8) is 0 Å². The van der Waals surface area contributed by atoms with Gasteiger partial charge in [0, 0.05) is 26.6 Å². The first-order valence-electron chi connectivity index (χ1n) is 5.79. The molecule has 0 aromatic rings. The molecule has 88 valence electrons. The second-order valence-electron chi connectivity index (χ2n) is 4.33. The third-order valence-electron chi connectivity index (χ3n) is 2.91. The molecule has 2 N–H and O–H groups in total. The molecule has 0 spiro atoms. The predicted molar refractivity (Wildman–Crippen MR) is 59.6 cm³/mol. The monoisotopic (exact) mass is 214 g/mol. The molecule has 1 aliphatic heterocycles. The third kappa shape index (κ3) is 4.62. The average Bonchev–Trinajstić information content (AvgIpc) is 2.17. The Morgan fingerprint density at radius 1 is 1.40 bits per heavy atom. The molecule has 1 amide bonds. The highest BCUT2D eigenvalue weighted by atomic mass is 16.2. The van der Waals surface area contributed by atoms with Gasteiger partial charge in [-0.1, -0.05) is 0 Å². The highest BCUT2D eigenvalue weighted by Crippen LogP contribution is 2.10.